The van der Waals surface area contributed by atoms with Gasteiger partial charge in [0.25, 0.3) is 5.91 Å². The normalized spacial score (nSPS) is 14.5. The van der Waals surface area contributed by atoms with Crippen molar-refractivity contribution in [2.75, 3.05) is 19.6 Å². The predicted molar refractivity (Wildman–Crippen MR) is 105 cm³/mol. The minimum atomic E-state index is -4.75. The maximum absolute atomic E-state index is 13.0. The van der Waals surface area contributed by atoms with Crippen LogP contribution in [-0.4, -0.2) is 42.7 Å². The number of piperazine rings is 1. The number of rotatable bonds is 3. The van der Waals surface area contributed by atoms with Crippen LogP contribution in [0.4, 0.5) is 13.2 Å². The molecular weight excluding hydrogens is 397 g/mol. The number of hydrogen-bond acceptors (Lipinski definition) is 3. The number of hydrogen-bond donors (Lipinski definition) is 1. The molecule has 30 heavy (non-hydrogen) atoms. The standard InChI is InChI=1S/C22H17F3N2O3/c23-22(24,25)30-15-7-5-14(6-8-15)16-9-10-19(18-4-2-1-3-17(16)18)21(29)27-12-11-26-20(28)13-27/h1-10H,11-13H2,(H,26,28). The van der Waals surface area contributed by atoms with E-state index in [1.807, 2.05) is 24.3 Å². The molecule has 1 aliphatic heterocycles. The molecule has 0 aromatic heterocycles. The van der Waals surface area contributed by atoms with Gasteiger partial charge in [-0.15, -0.1) is 13.2 Å². The fourth-order valence-electron chi connectivity index (χ4n) is 3.56. The number of halogens is 3. The number of benzene rings is 3. The van der Waals surface area contributed by atoms with Gasteiger partial charge in [-0.25, -0.2) is 0 Å². The van der Waals surface area contributed by atoms with Gasteiger partial charge in [0.1, 0.15) is 5.75 Å². The lowest BCUT2D eigenvalue weighted by atomic mass is 9.94. The summed E-state index contributed by atoms with van der Waals surface area (Å²) in [7, 11) is 0. The summed E-state index contributed by atoms with van der Waals surface area (Å²) < 4.78 is 41.1. The molecule has 0 aliphatic carbocycles. The number of carbonyl (C=O) groups excluding carboxylic acids is 2. The summed E-state index contributed by atoms with van der Waals surface area (Å²) in [6.45, 7) is 0.851. The van der Waals surface area contributed by atoms with Gasteiger partial charge >= 0.3 is 6.36 Å². The van der Waals surface area contributed by atoms with Crippen molar-refractivity contribution < 1.29 is 27.5 Å². The summed E-state index contributed by atoms with van der Waals surface area (Å²) in [6, 6.07) is 16.3. The van der Waals surface area contributed by atoms with Gasteiger partial charge in [-0.3, -0.25) is 9.59 Å². The Kier molecular flexibility index (Phi) is 5.07. The molecule has 1 fully saturated rings. The van der Waals surface area contributed by atoms with E-state index in [4.69, 9.17) is 0 Å². The van der Waals surface area contributed by atoms with Gasteiger partial charge < -0.3 is 15.0 Å². The Hall–Kier alpha value is -3.55. The Morgan fingerprint density at radius 3 is 2.33 bits per heavy atom. The van der Waals surface area contributed by atoms with E-state index >= 15 is 0 Å². The Labute approximate surface area is 170 Å². The van der Waals surface area contributed by atoms with Crippen LogP contribution in [0.2, 0.25) is 0 Å². The fraction of sp³-hybridized carbons (Fsp3) is 0.182. The summed E-state index contributed by atoms with van der Waals surface area (Å²) in [5.74, 6) is -0.732. The molecule has 0 atom stereocenters. The maximum atomic E-state index is 13.0. The quantitative estimate of drug-likeness (QED) is 0.706. The van der Waals surface area contributed by atoms with Crippen LogP contribution in [0.3, 0.4) is 0 Å². The highest BCUT2D eigenvalue weighted by Gasteiger charge is 2.31. The number of amides is 2. The highest BCUT2D eigenvalue weighted by Crippen LogP contribution is 2.33. The van der Waals surface area contributed by atoms with Crippen LogP contribution in [0.1, 0.15) is 10.4 Å². The molecule has 1 N–H and O–H groups in total. The largest absolute Gasteiger partial charge is 0.573 e. The first-order valence-electron chi connectivity index (χ1n) is 9.26. The molecule has 8 heteroatoms. The fourth-order valence-corrected chi connectivity index (χ4v) is 3.56. The van der Waals surface area contributed by atoms with E-state index < -0.39 is 6.36 Å². The molecule has 0 spiro atoms. The zero-order valence-corrected chi connectivity index (χ0v) is 15.7. The molecule has 0 bridgehead atoms. The van der Waals surface area contributed by atoms with Gasteiger partial charge in [0.15, 0.2) is 0 Å². The van der Waals surface area contributed by atoms with Crippen molar-refractivity contribution in [3.8, 4) is 16.9 Å². The third-order valence-corrected chi connectivity index (χ3v) is 4.88. The number of nitrogens with one attached hydrogen (secondary N) is 1. The van der Waals surface area contributed by atoms with E-state index in [2.05, 4.69) is 10.1 Å². The third kappa shape index (κ3) is 4.07. The molecule has 3 aromatic rings. The second-order valence-corrected chi connectivity index (χ2v) is 6.86. The highest BCUT2D eigenvalue weighted by molar-refractivity contribution is 6.11. The monoisotopic (exact) mass is 414 g/mol. The maximum Gasteiger partial charge on any atom is 0.573 e. The van der Waals surface area contributed by atoms with E-state index in [1.54, 1.807) is 24.3 Å². The minimum absolute atomic E-state index is 0.00950. The van der Waals surface area contributed by atoms with E-state index in [1.165, 1.54) is 17.0 Å². The molecule has 4 rings (SSSR count). The van der Waals surface area contributed by atoms with Crippen molar-refractivity contribution in [3.05, 3.63) is 66.2 Å². The lowest BCUT2D eigenvalue weighted by Crippen LogP contribution is -2.50. The number of nitrogens with zero attached hydrogens (tertiary/aromatic N) is 1. The van der Waals surface area contributed by atoms with Crippen LogP contribution in [0, 0.1) is 0 Å². The first-order valence-corrected chi connectivity index (χ1v) is 9.26. The second kappa shape index (κ2) is 7.70. The molecule has 1 heterocycles. The number of ether oxygens (including phenoxy) is 1. The van der Waals surface area contributed by atoms with Gasteiger partial charge in [0.2, 0.25) is 5.91 Å². The Balaban J connectivity index is 1.71. The van der Waals surface area contributed by atoms with Crippen LogP contribution in [0.25, 0.3) is 21.9 Å². The summed E-state index contributed by atoms with van der Waals surface area (Å²) in [4.78, 5) is 26.2. The summed E-state index contributed by atoms with van der Waals surface area (Å²) in [6.07, 6.45) is -4.75. The summed E-state index contributed by atoms with van der Waals surface area (Å²) >= 11 is 0. The number of alkyl halides is 3. The SMILES string of the molecule is O=C1CN(C(=O)c2ccc(-c3ccc(OC(F)(F)F)cc3)c3ccccc23)CCN1. The van der Waals surface area contributed by atoms with Crippen molar-refractivity contribution in [1.29, 1.82) is 0 Å². The Morgan fingerprint density at radius 2 is 1.67 bits per heavy atom. The zero-order chi connectivity index (χ0) is 21.3. The zero-order valence-electron chi connectivity index (χ0n) is 15.7. The van der Waals surface area contributed by atoms with Gasteiger partial charge in [-0.2, -0.15) is 0 Å². The molecule has 0 saturated carbocycles. The lowest BCUT2D eigenvalue weighted by Gasteiger charge is -2.27. The summed E-state index contributed by atoms with van der Waals surface area (Å²) in [5, 5.41) is 4.19. The molecule has 5 nitrogen and oxygen atoms in total. The van der Waals surface area contributed by atoms with Crippen LogP contribution >= 0.6 is 0 Å². The van der Waals surface area contributed by atoms with Crippen molar-refractivity contribution in [3.63, 3.8) is 0 Å². The van der Waals surface area contributed by atoms with Crippen molar-refractivity contribution in [2.45, 2.75) is 6.36 Å². The average Bonchev–Trinajstić information content (AvgIpc) is 2.72. The molecule has 3 aromatic carbocycles. The van der Waals surface area contributed by atoms with E-state index in [0.29, 0.717) is 29.6 Å². The van der Waals surface area contributed by atoms with Crippen molar-refractivity contribution in [2.24, 2.45) is 0 Å². The van der Waals surface area contributed by atoms with Crippen LogP contribution in [0.5, 0.6) is 5.75 Å². The van der Waals surface area contributed by atoms with E-state index in [-0.39, 0.29) is 24.1 Å². The van der Waals surface area contributed by atoms with Gasteiger partial charge in [0.05, 0.1) is 6.54 Å². The smallest absolute Gasteiger partial charge is 0.406 e. The molecule has 1 saturated heterocycles. The summed E-state index contributed by atoms with van der Waals surface area (Å²) in [5.41, 5.74) is 1.94. The molecule has 0 unspecified atom stereocenters. The van der Waals surface area contributed by atoms with E-state index in [9.17, 15) is 22.8 Å². The van der Waals surface area contributed by atoms with Gasteiger partial charge in [0, 0.05) is 18.7 Å². The molecule has 2 amide bonds. The first kappa shape index (κ1) is 19.8. The van der Waals surface area contributed by atoms with Crippen molar-refractivity contribution in [1.82, 2.24) is 10.2 Å². The highest BCUT2D eigenvalue weighted by atomic mass is 19.4. The number of fused-ring (bicyclic) bond motifs is 1. The number of carbonyl (C=O) groups is 2. The third-order valence-electron chi connectivity index (χ3n) is 4.88. The Morgan fingerprint density at radius 1 is 0.967 bits per heavy atom. The minimum Gasteiger partial charge on any atom is -0.406 e. The molecule has 1 aliphatic rings. The lowest BCUT2D eigenvalue weighted by molar-refractivity contribution is -0.274. The molecule has 154 valence electrons. The van der Waals surface area contributed by atoms with Crippen LogP contribution < -0.4 is 10.1 Å². The first-order chi connectivity index (χ1) is 14.3. The molecule has 0 radical (unpaired) electrons. The second-order valence-electron chi connectivity index (χ2n) is 6.86. The molecular formula is C22H17F3N2O3. The van der Waals surface area contributed by atoms with E-state index in [0.717, 1.165) is 10.9 Å². The van der Waals surface area contributed by atoms with Gasteiger partial charge in [-0.1, -0.05) is 42.5 Å². The van der Waals surface area contributed by atoms with Crippen LogP contribution in [-0.2, 0) is 4.79 Å². The van der Waals surface area contributed by atoms with Gasteiger partial charge in [-0.05, 0) is 40.1 Å². The average molecular weight is 414 g/mol. The Bertz CT molecular complexity index is 1110. The predicted octanol–water partition coefficient (Wildman–Crippen LogP) is 3.98. The van der Waals surface area contributed by atoms with Crippen molar-refractivity contribution >= 4 is 22.6 Å². The topological polar surface area (TPSA) is 58.6 Å². The van der Waals surface area contributed by atoms with Crippen LogP contribution in [0.15, 0.2) is 60.7 Å².